The van der Waals surface area contributed by atoms with Crippen molar-refractivity contribution in [2.45, 2.75) is 45.1 Å². The summed E-state index contributed by atoms with van der Waals surface area (Å²) in [4.78, 5) is 14.6. The van der Waals surface area contributed by atoms with Gasteiger partial charge in [-0.25, -0.2) is 9.97 Å². The van der Waals surface area contributed by atoms with Crippen LogP contribution in [0.25, 0.3) is 22.1 Å². The van der Waals surface area contributed by atoms with E-state index in [1.807, 2.05) is 12.3 Å². The molecule has 1 aliphatic rings. The van der Waals surface area contributed by atoms with E-state index in [2.05, 4.69) is 19.9 Å². The highest BCUT2D eigenvalue weighted by atomic mass is 16.5. The van der Waals surface area contributed by atoms with Gasteiger partial charge in [0.05, 0.1) is 11.7 Å². The zero-order valence-electron chi connectivity index (χ0n) is 14.4. The highest BCUT2D eigenvalue weighted by Crippen LogP contribution is 2.23. The van der Waals surface area contributed by atoms with Crippen LogP contribution in [-0.2, 0) is 4.74 Å². The largest absolute Gasteiger partial charge is 0.385 e. The molecule has 0 radical (unpaired) electrons. The predicted molar refractivity (Wildman–Crippen MR) is 94.8 cm³/mol. The van der Waals surface area contributed by atoms with Gasteiger partial charge in [-0.05, 0) is 31.7 Å². The van der Waals surface area contributed by atoms with E-state index in [1.54, 1.807) is 20.2 Å². The second-order valence-electron chi connectivity index (χ2n) is 6.52. The molecule has 1 aliphatic carbocycles. The molecular weight excluding hydrogens is 304 g/mol. The van der Waals surface area contributed by atoms with Crippen LogP contribution in [0.1, 0.15) is 51.0 Å². The third kappa shape index (κ3) is 3.76. The first kappa shape index (κ1) is 16.9. The van der Waals surface area contributed by atoms with Crippen molar-refractivity contribution in [3.8, 4) is 0 Å². The van der Waals surface area contributed by atoms with Crippen LogP contribution in [0.4, 0.5) is 0 Å². The summed E-state index contributed by atoms with van der Waals surface area (Å²) in [5.41, 5.74) is 2.50. The molecule has 3 aromatic heterocycles. The number of hydrogen-bond acceptors (Lipinski definition) is 4. The quantitative estimate of drug-likeness (QED) is 0.683. The van der Waals surface area contributed by atoms with Crippen LogP contribution < -0.4 is 0 Å². The first-order chi connectivity index (χ1) is 11.7. The minimum Gasteiger partial charge on any atom is -0.385 e. The Kier molecular flexibility index (Phi) is 5.48. The number of methoxy groups -OCH3 is 1. The smallest absolute Gasteiger partial charge is 0.139 e. The SMILES string of the molecule is CC(O)c1nc2c(cnc3[nH]ccc32)[nH]1.COCC1CCCCC1. The molecule has 0 amide bonds. The highest BCUT2D eigenvalue weighted by molar-refractivity contribution is 6.00. The lowest BCUT2D eigenvalue weighted by Gasteiger charge is -2.19. The maximum Gasteiger partial charge on any atom is 0.139 e. The van der Waals surface area contributed by atoms with Gasteiger partial charge in [-0.1, -0.05) is 19.3 Å². The van der Waals surface area contributed by atoms with Gasteiger partial charge >= 0.3 is 0 Å². The van der Waals surface area contributed by atoms with E-state index in [-0.39, 0.29) is 0 Å². The van der Waals surface area contributed by atoms with Gasteiger partial charge in [-0.3, -0.25) is 0 Å². The summed E-state index contributed by atoms with van der Waals surface area (Å²) >= 11 is 0. The number of aliphatic hydroxyl groups is 1. The van der Waals surface area contributed by atoms with Gasteiger partial charge in [0.1, 0.15) is 23.1 Å². The van der Waals surface area contributed by atoms with E-state index in [0.29, 0.717) is 5.82 Å². The maximum absolute atomic E-state index is 9.43. The third-order valence-electron chi connectivity index (χ3n) is 4.58. The predicted octanol–water partition coefficient (Wildman–Crippen LogP) is 3.71. The van der Waals surface area contributed by atoms with Crippen molar-refractivity contribution >= 4 is 22.1 Å². The maximum atomic E-state index is 9.43. The Morgan fingerprint density at radius 3 is 2.83 bits per heavy atom. The molecule has 3 N–H and O–H groups in total. The second-order valence-corrected chi connectivity index (χ2v) is 6.52. The van der Waals surface area contributed by atoms with E-state index < -0.39 is 6.10 Å². The van der Waals surface area contributed by atoms with E-state index in [0.717, 1.165) is 34.6 Å². The average Bonchev–Trinajstić information content (AvgIpc) is 3.23. The number of rotatable bonds is 3. The summed E-state index contributed by atoms with van der Waals surface area (Å²) in [5, 5.41) is 10.4. The fourth-order valence-electron chi connectivity index (χ4n) is 3.28. The van der Waals surface area contributed by atoms with Crippen molar-refractivity contribution in [3.63, 3.8) is 0 Å². The van der Waals surface area contributed by atoms with Crippen LogP contribution in [0.3, 0.4) is 0 Å². The molecule has 1 saturated carbocycles. The Bertz CT molecular complexity index is 769. The second kappa shape index (κ2) is 7.77. The molecule has 1 fully saturated rings. The van der Waals surface area contributed by atoms with Gasteiger partial charge in [0.2, 0.25) is 0 Å². The molecule has 4 rings (SSSR count). The number of pyridine rings is 1. The number of hydrogen-bond donors (Lipinski definition) is 3. The molecule has 0 saturated heterocycles. The van der Waals surface area contributed by atoms with E-state index in [9.17, 15) is 5.11 Å². The van der Waals surface area contributed by atoms with Crippen molar-refractivity contribution in [1.29, 1.82) is 0 Å². The molecule has 0 aliphatic heterocycles. The van der Waals surface area contributed by atoms with Gasteiger partial charge in [0.25, 0.3) is 0 Å². The Morgan fingerprint density at radius 2 is 2.12 bits per heavy atom. The number of aromatic nitrogens is 4. The zero-order chi connectivity index (χ0) is 16.9. The van der Waals surface area contributed by atoms with Crippen LogP contribution >= 0.6 is 0 Å². The third-order valence-corrected chi connectivity index (χ3v) is 4.58. The molecule has 1 unspecified atom stereocenters. The lowest BCUT2D eigenvalue weighted by Crippen LogP contribution is -2.11. The summed E-state index contributed by atoms with van der Waals surface area (Å²) in [7, 11) is 1.80. The molecule has 6 nitrogen and oxygen atoms in total. The van der Waals surface area contributed by atoms with Crippen molar-refractivity contribution in [3.05, 3.63) is 24.3 Å². The van der Waals surface area contributed by atoms with Crippen LogP contribution in [-0.4, -0.2) is 38.8 Å². The summed E-state index contributed by atoms with van der Waals surface area (Å²) < 4.78 is 5.08. The summed E-state index contributed by atoms with van der Waals surface area (Å²) in [6.07, 6.45) is 10.0. The van der Waals surface area contributed by atoms with Gasteiger partial charge in [-0.2, -0.15) is 0 Å². The fraction of sp³-hybridized carbons (Fsp3) is 0.556. The van der Waals surface area contributed by atoms with Crippen molar-refractivity contribution in [2.24, 2.45) is 5.92 Å². The van der Waals surface area contributed by atoms with Crippen LogP contribution in [0.2, 0.25) is 0 Å². The molecule has 0 aromatic carbocycles. The number of ether oxygens (including phenoxy) is 1. The Balaban J connectivity index is 0.000000162. The topological polar surface area (TPSA) is 86.8 Å². The minimum absolute atomic E-state index is 0.570. The van der Waals surface area contributed by atoms with Crippen molar-refractivity contribution in [1.82, 2.24) is 19.9 Å². The molecule has 0 spiro atoms. The molecule has 0 bridgehead atoms. The number of fused-ring (bicyclic) bond motifs is 3. The number of nitrogens with one attached hydrogen (secondary N) is 2. The standard InChI is InChI=1S/C10H10N4O.C8H16O/c1-5(15)9-13-7-4-12-10-6(2-3-11-10)8(7)14-9;1-9-7-8-5-3-2-4-6-8/h2-5,15H,1H3,(H,11,12)(H,13,14);8H,2-7H2,1H3. The zero-order valence-corrected chi connectivity index (χ0v) is 14.4. The first-order valence-corrected chi connectivity index (χ1v) is 8.67. The van der Waals surface area contributed by atoms with Crippen LogP contribution in [0.5, 0.6) is 0 Å². The fourth-order valence-corrected chi connectivity index (χ4v) is 3.28. The molecule has 1 atom stereocenters. The van der Waals surface area contributed by atoms with Gasteiger partial charge in [-0.15, -0.1) is 0 Å². The molecule has 3 aromatic rings. The summed E-state index contributed by atoms with van der Waals surface area (Å²) in [6.45, 7) is 2.67. The monoisotopic (exact) mass is 330 g/mol. The first-order valence-electron chi connectivity index (χ1n) is 8.67. The van der Waals surface area contributed by atoms with E-state index in [1.165, 1.54) is 32.1 Å². The summed E-state index contributed by atoms with van der Waals surface area (Å²) in [6, 6.07) is 1.93. The number of nitrogens with zero attached hydrogens (tertiary/aromatic N) is 2. The number of H-pyrrole nitrogens is 2. The Morgan fingerprint density at radius 1 is 1.33 bits per heavy atom. The number of aromatic amines is 2. The number of aliphatic hydroxyl groups excluding tert-OH is 1. The van der Waals surface area contributed by atoms with Crippen molar-refractivity contribution < 1.29 is 9.84 Å². The van der Waals surface area contributed by atoms with Gasteiger partial charge in [0.15, 0.2) is 0 Å². The molecule has 24 heavy (non-hydrogen) atoms. The van der Waals surface area contributed by atoms with E-state index >= 15 is 0 Å². The molecule has 3 heterocycles. The van der Waals surface area contributed by atoms with Crippen molar-refractivity contribution in [2.75, 3.05) is 13.7 Å². The lowest BCUT2D eigenvalue weighted by molar-refractivity contribution is 0.131. The molecule has 6 heteroatoms. The summed E-state index contributed by atoms with van der Waals surface area (Å²) in [5.74, 6) is 1.45. The van der Waals surface area contributed by atoms with E-state index in [4.69, 9.17) is 4.74 Å². The van der Waals surface area contributed by atoms with Crippen LogP contribution in [0, 0.1) is 5.92 Å². The van der Waals surface area contributed by atoms with Gasteiger partial charge in [0, 0.05) is 25.3 Å². The highest BCUT2D eigenvalue weighted by Gasteiger charge is 2.12. The number of imidazole rings is 1. The van der Waals surface area contributed by atoms with Gasteiger partial charge < -0.3 is 19.8 Å². The minimum atomic E-state index is -0.591. The Hall–Kier alpha value is -1.92. The lowest BCUT2D eigenvalue weighted by atomic mass is 9.90. The molecular formula is C18H26N4O2. The Labute approximate surface area is 141 Å². The normalized spacial score (nSPS) is 17.0. The average molecular weight is 330 g/mol. The molecule has 130 valence electrons. The van der Waals surface area contributed by atoms with Crippen LogP contribution in [0.15, 0.2) is 18.5 Å².